The van der Waals surface area contributed by atoms with E-state index in [0.717, 1.165) is 18.4 Å². The van der Waals surface area contributed by atoms with Crippen LogP contribution in [0.1, 0.15) is 28.8 Å². The van der Waals surface area contributed by atoms with Gasteiger partial charge in [-0.25, -0.2) is 0 Å². The van der Waals surface area contributed by atoms with E-state index in [-0.39, 0.29) is 18.5 Å². The van der Waals surface area contributed by atoms with Crippen LogP contribution in [0.4, 0.5) is 0 Å². The van der Waals surface area contributed by atoms with Gasteiger partial charge in [0.25, 0.3) is 5.91 Å². The molecule has 0 heterocycles. The van der Waals surface area contributed by atoms with Gasteiger partial charge in [-0.3, -0.25) is 4.79 Å². The molecule has 1 aromatic carbocycles. The predicted molar refractivity (Wildman–Crippen MR) is 60.9 cm³/mol. The van der Waals surface area contributed by atoms with E-state index in [4.69, 9.17) is 5.26 Å². The van der Waals surface area contributed by atoms with E-state index in [1.807, 2.05) is 31.2 Å². The maximum absolute atomic E-state index is 12.1. The fourth-order valence-electron chi connectivity index (χ4n) is 1.69. The smallest absolute Gasteiger partial charge is 0.254 e. The topological polar surface area (TPSA) is 44.1 Å². The van der Waals surface area contributed by atoms with E-state index < -0.39 is 0 Å². The summed E-state index contributed by atoms with van der Waals surface area (Å²) in [6.07, 6.45) is 2.05. The number of amides is 1. The molecule has 82 valence electrons. The summed E-state index contributed by atoms with van der Waals surface area (Å²) in [7, 11) is 0. The molecule has 0 atom stereocenters. The van der Waals surface area contributed by atoms with Gasteiger partial charge in [0, 0.05) is 11.6 Å². The lowest BCUT2D eigenvalue weighted by Crippen LogP contribution is -2.33. The second-order valence-corrected chi connectivity index (χ2v) is 4.19. The van der Waals surface area contributed by atoms with Gasteiger partial charge in [0.15, 0.2) is 0 Å². The molecule has 1 amide bonds. The fourth-order valence-corrected chi connectivity index (χ4v) is 1.69. The highest BCUT2D eigenvalue weighted by molar-refractivity contribution is 5.94. The molecule has 0 aromatic heterocycles. The van der Waals surface area contributed by atoms with Crippen LogP contribution in [0.3, 0.4) is 0 Å². The Kier molecular flexibility index (Phi) is 2.91. The van der Waals surface area contributed by atoms with E-state index in [1.165, 1.54) is 0 Å². The Bertz CT molecular complexity index is 426. The Morgan fingerprint density at radius 3 is 2.56 bits per heavy atom. The van der Waals surface area contributed by atoms with Crippen LogP contribution in [0.5, 0.6) is 0 Å². The van der Waals surface area contributed by atoms with Crippen molar-refractivity contribution in [3.63, 3.8) is 0 Å². The zero-order valence-electron chi connectivity index (χ0n) is 9.31. The first kappa shape index (κ1) is 10.7. The first-order valence-corrected chi connectivity index (χ1v) is 5.47. The number of nitrogens with zero attached hydrogens (tertiary/aromatic N) is 2. The van der Waals surface area contributed by atoms with Crippen LogP contribution in [0.2, 0.25) is 0 Å². The number of hydrogen-bond donors (Lipinski definition) is 0. The van der Waals surface area contributed by atoms with Crippen molar-refractivity contribution in [3.8, 4) is 6.07 Å². The van der Waals surface area contributed by atoms with Gasteiger partial charge in [-0.05, 0) is 31.9 Å². The van der Waals surface area contributed by atoms with Crippen LogP contribution in [-0.2, 0) is 0 Å². The molecule has 0 saturated heterocycles. The van der Waals surface area contributed by atoms with Crippen molar-refractivity contribution in [1.82, 2.24) is 4.90 Å². The van der Waals surface area contributed by atoms with Crippen molar-refractivity contribution in [2.45, 2.75) is 25.8 Å². The number of nitriles is 1. The molecule has 0 radical (unpaired) electrons. The molecule has 3 nitrogen and oxygen atoms in total. The third-order valence-electron chi connectivity index (χ3n) is 2.79. The molecule has 0 unspecified atom stereocenters. The Morgan fingerprint density at radius 1 is 1.44 bits per heavy atom. The van der Waals surface area contributed by atoms with Crippen LogP contribution in [0.15, 0.2) is 24.3 Å². The summed E-state index contributed by atoms with van der Waals surface area (Å²) >= 11 is 0. The SMILES string of the molecule is Cc1ccc(C(=O)N(CC#N)C2CC2)cc1. The Hall–Kier alpha value is -1.82. The molecule has 0 bridgehead atoms. The molecule has 1 aromatic rings. The van der Waals surface area contributed by atoms with Gasteiger partial charge in [-0.1, -0.05) is 17.7 Å². The zero-order valence-corrected chi connectivity index (χ0v) is 9.31. The molecule has 1 saturated carbocycles. The maximum atomic E-state index is 12.1. The summed E-state index contributed by atoms with van der Waals surface area (Å²) in [4.78, 5) is 13.8. The number of aryl methyl sites for hydroxylation is 1. The van der Waals surface area contributed by atoms with Crippen molar-refractivity contribution >= 4 is 5.91 Å². The molecule has 1 aliphatic rings. The maximum Gasteiger partial charge on any atom is 0.254 e. The van der Waals surface area contributed by atoms with Crippen molar-refractivity contribution in [3.05, 3.63) is 35.4 Å². The van der Waals surface area contributed by atoms with Crippen LogP contribution in [0.25, 0.3) is 0 Å². The van der Waals surface area contributed by atoms with E-state index >= 15 is 0 Å². The average Bonchev–Trinajstić information content (AvgIpc) is 3.10. The normalized spacial score (nSPS) is 14.2. The Balaban J connectivity index is 2.16. The van der Waals surface area contributed by atoms with E-state index in [9.17, 15) is 4.79 Å². The third kappa shape index (κ3) is 2.22. The van der Waals surface area contributed by atoms with Crippen LogP contribution in [0, 0.1) is 18.3 Å². The van der Waals surface area contributed by atoms with E-state index in [1.54, 1.807) is 4.90 Å². The van der Waals surface area contributed by atoms with Gasteiger partial charge in [0.2, 0.25) is 0 Å². The van der Waals surface area contributed by atoms with Crippen molar-refractivity contribution in [2.24, 2.45) is 0 Å². The highest BCUT2D eigenvalue weighted by Crippen LogP contribution is 2.27. The van der Waals surface area contributed by atoms with Gasteiger partial charge < -0.3 is 4.90 Å². The highest BCUT2D eigenvalue weighted by atomic mass is 16.2. The predicted octanol–water partition coefficient (Wildman–Crippen LogP) is 2.12. The molecule has 1 fully saturated rings. The summed E-state index contributed by atoms with van der Waals surface area (Å²) in [5.74, 6) is -0.0240. The van der Waals surface area contributed by atoms with Crippen molar-refractivity contribution in [1.29, 1.82) is 5.26 Å². The van der Waals surface area contributed by atoms with Crippen LogP contribution < -0.4 is 0 Å². The van der Waals surface area contributed by atoms with E-state index in [0.29, 0.717) is 5.56 Å². The molecule has 0 N–H and O–H groups in total. The molecule has 0 aliphatic heterocycles. The molecule has 1 aliphatic carbocycles. The Labute approximate surface area is 95.3 Å². The second kappa shape index (κ2) is 4.36. The summed E-state index contributed by atoms with van der Waals surface area (Å²) in [5.41, 5.74) is 1.81. The van der Waals surface area contributed by atoms with Gasteiger partial charge in [-0.15, -0.1) is 0 Å². The number of carbonyl (C=O) groups excluding carboxylic acids is 1. The number of benzene rings is 1. The van der Waals surface area contributed by atoms with E-state index in [2.05, 4.69) is 6.07 Å². The second-order valence-electron chi connectivity index (χ2n) is 4.19. The van der Waals surface area contributed by atoms with Crippen molar-refractivity contribution in [2.75, 3.05) is 6.54 Å². The lowest BCUT2D eigenvalue weighted by atomic mass is 10.1. The Morgan fingerprint density at radius 2 is 2.06 bits per heavy atom. The number of carbonyl (C=O) groups is 1. The third-order valence-corrected chi connectivity index (χ3v) is 2.79. The standard InChI is InChI=1S/C13H14N2O/c1-10-2-4-11(5-3-10)13(16)15(9-8-14)12-6-7-12/h2-5,12H,6-7,9H2,1H3. The zero-order chi connectivity index (χ0) is 11.5. The minimum absolute atomic E-state index is 0.0240. The molecule has 0 spiro atoms. The lowest BCUT2D eigenvalue weighted by molar-refractivity contribution is 0.0765. The first-order valence-electron chi connectivity index (χ1n) is 5.47. The quantitative estimate of drug-likeness (QED) is 0.723. The highest BCUT2D eigenvalue weighted by Gasteiger charge is 2.32. The average molecular weight is 214 g/mol. The lowest BCUT2D eigenvalue weighted by Gasteiger charge is -2.18. The van der Waals surface area contributed by atoms with Crippen molar-refractivity contribution < 1.29 is 4.79 Å². The first-order chi connectivity index (χ1) is 7.72. The van der Waals surface area contributed by atoms with Crippen LogP contribution in [-0.4, -0.2) is 23.4 Å². The fraction of sp³-hybridized carbons (Fsp3) is 0.385. The largest absolute Gasteiger partial charge is 0.322 e. The molecular formula is C13H14N2O. The molecule has 2 rings (SSSR count). The monoisotopic (exact) mass is 214 g/mol. The van der Waals surface area contributed by atoms with Gasteiger partial charge in [0.1, 0.15) is 6.54 Å². The number of hydrogen-bond acceptors (Lipinski definition) is 2. The molecule has 16 heavy (non-hydrogen) atoms. The summed E-state index contributed by atoms with van der Waals surface area (Å²) in [6, 6.07) is 9.83. The summed E-state index contributed by atoms with van der Waals surface area (Å²) in [5, 5.41) is 8.71. The summed E-state index contributed by atoms with van der Waals surface area (Å²) in [6.45, 7) is 2.18. The minimum Gasteiger partial charge on any atom is -0.322 e. The van der Waals surface area contributed by atoms with Gasteiger partial charge in [-0.2, -0.15) is 5.26 Å². The molecular weight excluding hydrogens is 200 g/mol. The summed E-state index contributed by atoms with van der Waals surface area (Å²) < 4.78 is 0. The minimum atomic E-state index is -0.0240. The number of rotatable bonds is 3. The van der Waals surface area contributed by atoms with Gasteiger partial charge in [0.05, 0.1) is 6.07 Å². The molecule has 3 heteroatoms. The van der Waals surface area contributed by atoms with Crippen LogP contribution >= 0.6 is 0 Å². The van der Waals surface area contributed by atoms with Gasteiger partial charge >= 0.3 is 0 Å².